The summed E-state index contributed by atoms with van der Waals surface area (Å²) in [6, 6.07) is 1.24. The second kappa shape index (κ2) is 4.50. The molecule has 1 rings (SSSR count). The van der Waals surface area contributed by atoms with Crippen LogP contribution >= 0.6 is 0 Å². The first-order valence-corrected chi connectivity index (χ1v) is 3.93. The fourth-order valence-electron chi connectivity index (χ4n) is 1.07. The largest absolute Gasteiger partial charge is 0.479 e. The number of nitrogens with one attached hydrogen (secondary N) is 1. The monoisotopic (exact) mass is 215 g/mol. The van der Waals surface area contributed by atoms with Crippen LogP contribution in [0.15, 0.2) is 18.2 Å². The van der Waals surface area contributed by atoms with E-state index in [2.05, 4.69) is 0 Å². The molecule has 0 aromatic heterocycles. The van der Waals surface area contributed by atoms with Crippen molar-refractivity contribution in [1.29, 1.82) is 0 Å². The van der Waals surface area contributed by atoms with Crippen molar-refractivity contribution in [1.82, 2.24) is 5.32 Å². The molecule has 1 aromatic rings. The number of hydrogen-bond donors (Lipinski definition) is 2. The predicted octanol–water partition coefficient (Wildman–Crippen LogP) is 0.836. The van der Waals surface area contributed by atoms with Crippen molar-refractivity contribution >= 4 is 12.4 Å². The summed E-state index contributed by atoms with van der Waals surface area (Å²) >= 11 is 0. The lowest BCUT2D eigenvalue weighted by Gasteiger charge is -2.11. The highest BCUT2D eigenvalue weighted by atomic mass is 19.2. The van der Waals surface area contributed by atoms with Crippen LogP contribution in [0.3, 0.4) is 0 Å². The number of carboxylic acids is 1. The van der Waals surface area contributed by atoms with Crippen LogP contribution in [0, 0.1) is 11.6 Å². The highest BCUT2D eigenvalue weighted by molar-refractivity contribution is 5.78. The minimum Gasteiger partial charge on any atom is -0.479 e. The van der Waals surface area contributed by atoms with Gasteiger partial charge in [0.25, 0.3) is 0 Å². The Labute approximate surface area is 83.5 Å². The molecular formula is C9H7F2NO3. The number of hydrogen-bond acceptors (Lipinski definition) is 2. The third kappa shape index (κ3) is 2.49. The van der Waals surface area contributed by atoms with Gasteiger partial charge in [-0.25, -0.2) is 13.6 Å². The molecule has 2 N–H and O–H groups in total. The Balaban J connectivity index is 3.06. The maximum Gasteiger partial charge on any atom is 0.330 e. The van der Waals surface area contributed by atoms with E-state index < -0.39 is 23.6 Å². The summed E-state index contributed by atoms with van der Waals surface area (Å²) in [4.78, 5) is 20.8. The zero-order valence-electron chi connectivity index (χ0n) is 7.41. The number of benzene rings is 1. The molecule has 6 heteroatoms. The Morgan fingerprint density at radius 1 is 1.40 bits per heavy atom. The average Bonchev–Trinajstić information content (AvgIpc) is 2.18. The van der Waals surface area contributed by atoms with Crippen molar-refractivity contribution in [3.63, 3.8) is 0 Å². The molecule has 0 saturated heterocycles. The standard InChI is InChI=1S/C9H7F2NO3/c10-6-2-1-5(3-7(6)11)8(9(14)15)12-4-13/h1-4,8H,(H,12,13)(H,14,15). The summed E-state index contributed by atoms with van der Waals surface area (Å²) in [7, 11) is 0. The summed E-state index contributed by atoms with van der Waals surface area (Å²) in [5.41, 5.74) is -0.0338. The van der Waals surface area contributed by atoms with Crippen LogP contribution in [0.4, 0.5) is 8.78 Å². The van der Waals surface area contributed by atoms with E-state index in [4.69, 9.17) is 5.11 Å². The molecule has 0 aliphatic carbocycles. The topological polar surface area (TPSA) is 66.4 Å². The minimum absolute atomic E-state index is 0.0338. The summed E-state index contributed by atoms with van der Waals surface area (Å²) in [6.07, 6.45) is 0.181. The van der Waals surface area contributed by atoms with Gasteiger partial charge in [0, 0.05) is 0 Å². The van der Waals surface area contributed by atoms with E-state index in [-0.39, 0.29) is 12.0 Å². The Bertz CT molecular complexity index is 395. The van der Waals surface area contributed by atoms with Crippen LogP contribution in [0.2, 0.25) is 0 Å². The van der Waals surface area contributed by atoms with Gasteiger partial charge in [0.2, 0.25) is 6.41 Å². The lowest BCUT2D eigenvalue weighted by Crippen LogP contribution is -2.27. The Hall–Kier alpha value is -1.98. The number of aliphatic carboxylic acids is 1. The molecule has 0 spiro atoms. The van der Waals surface area contributed by atoms with E-state index in [9.17, 15) is 18.4 Å². The molecule has 0 aliphatic rings. The van der Waals surface area contributed by atoms with Crippen molar-refractivity contribution in [2.24, 2.45) is 0 Å². The van der Waals surface area contributed by atoms with E-state index in [1.54, 1.807) is 0 Å². The Morgan fingerprint density at radius 3 is 2.53 bits per heavy atom. The van der Waals surface area contributed by atoms with Crippen LogP contribution in [0.1, 0.15) is 11.6 Å². The van der Waals surface area contributed by atoms with E-state index in [1.807, 2.05) is 5.32 Å². The van der Waals surface area contributed by atoms with Gasteiger partial charge in [-0.3, -0.25) is 4.79 Å². The van der Waals surface area contributed by atoms with Gasteiger partial charge >= 0.3 is 5.97 Å². The SMILES string of the molecule is O=CNC(C(=O)O)c1ccc(F)c(F)c1. The molecule has 80 valence electrons. The number of rotatable bonds is 4. The molecule has 1 aromatic carbocycles. The zero-order chi connectivity index (χ0) is 11.4. The van der Waals surface area contributed by atoms with Gasteiger partial charge in [-0.15, -0.1) is 0 Å². The van der Waals surface area contributed by atoms with Crippen molar-refractivity contribution in [3.05, 3.63) is 35.4 Å². The summed E-state index contributed by atoms with van der Waals surface area (Å²) in [6.45, 7) is 0. The van der Waals surface area contributed by atoms with Crippen LogP contribution < -0.4 is 5.32 Å². The Morgan fingerprint density at radius 2 is 2.07 bits per heavy atom. The molecule has 4 nitrogen and oxygen atoms in total. The molecule has 0 bridgehead atoms. The maximum absolute atomic E-state index is 12.8. The van der Waals surface area contributed by atoms with Gasteiger partial charge < -0.3 is 10.4 Å². The van der Waals surface area contributed by atoms with Crippen LogP contribution in [0.5, 0.6) is 0 Å². The van der Waals surface area contributed by atoms with Crippen LogP contribution in [-0.2, 0) is 9.59 Å². The molecule has 0 saturated carbocycles. The van der Waals surface area contributed by atoms with E-state index in [0.29, 0.717) is 0 Å². The Kier molecular flexibility index (Phi) is 3.33. The quantitative estimate of drug-likeness (QED) is 0.731. The predicted molar refractivity (Wildman–Crippen MR) is 45.9 cm³/mol. The minimum atomic E-state index is -1.38. The first kappa shape index (κ1) is 11.1. The lowest BCUT2D eigenvalue weighted by atomic mass is 10.1. The fourth-order valence-corrected chi connectivity index (χ4v) is 1.07. The molecule has 0 radical (unpaired) electrons. The van der Waals surface area contributed by atoms with Gasteiger partial charge in [0.1, 0.15) is 0 Å². The number of amides is 1. The summed E-state index contributed by atoms with van der Waals surface area (Å²) in [5, 5.41) is 10.7. The molecule has 0 heterocycles. The molecule has 15 heavy (non-hydrogen) atoms. The first-order valence-electron chi connectivity index (χ1n) is 3.93. The lowest BCUT2D eigenvalue weighted by molar-refractivity contribution is -0.140. The van der Waals surface area contributed by atoms with Gasteiger partial charge in [-0.05, 0) is 17.7 Å². The van der Waals surface area contributed by atoms with Gasteiger partial charge in [0.05, 0.1) is 0 Å². The van der Waals surface area contributed by atoms with Crippen LogP contribution in [-0.4, -0.2) is 17.5 Å². The molecule has 1 atom stereocenters. The fraction of sp³-hybridized carbons (Fsp3) is 0.111. The molecule has 0 fully saturated rings. The highest BCUT2D eigenvalue weighted by Crippen LogP contribution is 2.16. The van der Waals surface area contributed by atoms with E-state index in [0.717, 1.165) is 18.2 Å². The molecule has 1 amide bonds. The third-order valence-electron chi connectivity index (χ3n) is 1.76. The summed E-state index contributed by atoms with van der Waals surface area (Å²) < 4.78 is 25.3. The smallest absolute Gasteiger partial charge is 0.330 e. The van der Waals surface area contributed by atoms with E-state index in [1.165, 1.54) is 0 Å². The van der Waals surface area contributed by atoms with Crippen molar-refractivity contribution in [2.75, 3.05) is 0 Å². The second-order valence-corrected chi connectivity index (χ2v) is 2.73. The van der Waals surface area contributed by atoms with Crippen LogP contribution in [0.25, 0.3) is 0 Å². The molecule has 0 aliphatic heterocycles. The van der Waals surface area contributed by atoms with Gasteiger partial charge in [-0.2, -0.15) is 0 Å². The maximum atomic E-state index is 12.8. The van der Waals surface area contributed by atoms with Crippen molar-refractivity contribution in [2.45, 2.75) is 6.04 Å². The highest BCUT2D eigenvalue weighted by Gasteiger charge is 2.19. The molecule has 1 unspecified atom stereocenters. The normalized spacial score (nSPS) is 11.9. The first-order chi connectivity index (χ1) is 7.06. The zero-order valence-corrected chi connectivity index (χ0v) is 7.41. The van der Waals surface area contributed by atoms with Crippen molar-refractivity contribution in [3.8, 4) is 0 Å². The molecular weight excluding hydrogens is 208 g/mol. The van der Waals surface area contributed by atoms with Crippen molar-refractivity contribution < 1.29 is 23.5 Å². The average molecular weight is 215 g/mol. The number of halogens is 2. The van der Waals surface area contributed by atoms with Gasteiger partial charge in [0.15, 0.2) is 17.7 Å². The second-order valence-electron chi connectivity index (χ2n) is 2.73. The van der Waals surface area contributed by atoms with E-state index >= 15 is 0 Å². The number of carboxylic acid groups (broad SMARTS) is 1. The van der Waals surface area contributed by atoms with Gasteiger partial charge in [-0.1, -0.05) is 6.07 Å². The summed E-state index contributed by atoms with van der Waals surface area (Å²) in [5.74, 6) is -3.59. The number of carbonyl (C=O) groups excluding carboxylic acids is 1. The number of carbonyl (C=O) groups is 2. The third-order valence-corrected chi connectivity index (χ3v) is 1.76.